The third-order valence-electron chi connectivity index (χ3n) is 3.05. The van der Waals surface area contributed by atoms with Crippen LogP contribution in [0.3, 0.4) is 0 Å². The average molecular weight is 342 g/mol. The first kappa shape index (κ1) is 17.2. The van der Waals surface area contributed by atoms with Crippen molar-refractivity contribution in [2.75, 3.05) is 0 Å². The Bertz CT molecular complexity index is 839. The molecule has 0 amide bonds. The van der Waals surface area contributed by atoms with Gasteiger partial charge >= 0.3 is 6.18 Å². The van der Waals surface area contributed by atoms with Gasteiger partial charge in [0.15, 0.2) is 0 Å². The van der Waals surface area contributed by atoms with Crippen molar-refractivity contribution >= 4 is 11.8 Å². The molecule has 7 nitrogen and oxygen atoms in total. The van der Waals surface area contributed by atoms with Crippen molar-refractivity contribution in [3.8, 4) is 11.3 Å². The summed E-state index contributed by atoms with van der Waals surface area (Å²) in [7, 11) is 0. The van der Waals surface area contributed by atoms with E-state index in [9.17, 15) is 33.4 Å². The molecular formula is C14H9F3N2O5. The molecule has 1 heterocycles. The molecule has 2 rings (SSSR count). The summed E-state index contributed by atoms with van der Waals surface area (Å²) in [6.45, 7) is 1.22. The Labute approximate surface area is 132 Å². The quantitative estimate of drug-likeness (QED) is 0.601. The van der Waals surface area contributed by atoms with Crippen LogP contribution in [0.4, 0.5) is 18.9 Å². The summed E-state index contributed by atoms with van der Waals surface area (Å²) in [4.78, 5) is 20.0. The van der Waals surface area contributed by atoms with E-state index in [1.54, 1.807) is 0 Å². The number of nitro groups is 2. The van der Waals surface area contributed by atoms with Crippen LogP contribution in [0.15, 0.2) is 40.4 Å². The van der Waals surface area contributed by atoms with E-state index in [1.807, 2.05) is 0 Å². The van der Waals surface area contributed by atoms with E-state index in [-0.39, 0.29) is 22.8 Å². The number of halogens is 3. The highest BCUT2D eigenvalue weighted by Crippen LogP contribution is 2.37. The summed E-state index contributed by atoms with van der Waals surface area (Å²) in [6.07, 6.45) is -3.62. The summed E-state index contributed by atoms with van der Waals surface area (Å²) in [5.41, 5.74) is -2.32. The third-order valence-corrected chi connectivity index (χ3v) is 3.05. The zero-order valence-corrected chi connectivity index (χ0v) is 12.0. The van der Waals surface area contributed by atoms with Gasteiger partial charge in [-0.3, -0.25) is 20.2 Å². The number of hydrogen-bond acceptors (Lipinski definition) is 5. The number of benzene rings is 1. The highest BCUT2D eigenvalue weighted by atomic mass is 19.4. The number of nitro benzene ring substituents is 1. The van der Waals surface area contributed by atoms with Gasteiger partial charge in [0.25, 0.3) is 5.69 Å². The van der Waals surface area contributed by atoms with E-state index in [4.69, 9.17) is 4.42 Å². The lowest BCUT2D eigenvalue weighted by Crippen LogP contribution is -2.06. The number of furan rings is 1. The third kappa shape index (κ3) is 3.59. The van der Waals surface area contributed by atoms with Gasteiger partial charge in [0.2, 0.25) is 5.70 Å². The Balaban J connectivity index is 2.50. The first-order valence-electron chi connectivity index (χ1n) is 6.38. The molecule has 0 atom stereocenters. The van der Waals surface area contributed by atoms with Crippen molar-refractivity contribution in [3.63, 3.8) is 0 Å². The molecule has 126 valence electrons. The molecule has 0 bridgehead atoms. The lowest BCUT2D eigenvalue weighted by Gasteiger charge is -2.07. The maximum Gasteiger partial charge on any atom is 0.416 e. The minimum atomic E-state index is -4.72. The van der Waals surface area contributed by atoms with E-state index < -0.39 is 27.3 Å². The molecule has 0 N–H and O–H groups in total. The van der Waals surface area contributed by atoms with Crippen LogP contribution >= 0.6 is 0 Å². The van der Waals surface area contributed by atoms with Gasteiger partial charge in [-0.2, -0.15) is 13.2 Å². The Hall–Kier alpha value is -3.17. The molecule has 1 aromatic heterocycles. The van der Waals surface area contributed by atoms with Crippen LogP contribution in [0, 0.1) is 20.2 Å². The van der Waals surface area contributed by atoms with E-state index in [0.717, 1.165) is 12.1 Å². The molecule has 24 heavy (non-hydrogen) atoms. The molecule has 0 saturated heterocycles. The maximum absolute atomic E-state index is 12.7. The van der Waals surface area contributed by atoms with E-state index >= 15 is 0 Å². The van der Waals surface area contributed by atoms with Crippen molar-refractivity contribution < 1.29 is 27.4 Å². The van der Waals surface area contributed by atoms with Crippen molar-refractivity contribution in [1.82, 2.24) is 0 Å². The topological polar surface area (TPSA) is 99.4 Å². The lowest BCUT2D eigenvalue weighted by molar-refractivity contribution is -0.422. The fourth-order valence-corrected chi connectivity index (χ4v) is 1.90. The minimum Gasteiger partial charge on any atom is -0.456 e. The Morgan fingerprint density at radius 1 is 1.17 bits per heavy atom. The van der Waals surface area contributed by atoms with Gasteiger partial charge in [-0.1, -0.05) is 0 Å². The second kappa shape index (κ2) is 6.14. The Morgan fingerprint density at radius 3 is 2.38 bits per heavy atom. The summed E-state index contributed by atoms with van der Waals surface area (Å²) >= 11 is 0. The van der Waals surface area contributed by atoms with Crippen LogP contribution in [0.25, 0.3) is 17.4 Å². The largest absolute Gasteiger partial charge is 0.456 e. The van der Waals surface area contributed by atoms with Gasteiger partial charge < -0.3 is 4.42 Å². The molecule has 0 aliphatic carbocycles. The van der Waals surface area contributed by atoms with Gasteiger partial charge in [0, 0.05) is 13.0 Å². The van der Waals surface area contributed by atoms with Crippen LogP contribution < -0.4 is 0 Å². The first-order valence-corrected chi connectivity index (χ1v) is 6.38. The van der Waals surface area contributed by atoms with E-state index in [0.29, 0.717) is 12.1 Å². The summed E-state index contributed by atoms with van der Waals surface area (Å²) < 4.78 is 43.3. The van der Waals surface area contributed by atoms with Crippen LogP contribution in [-0.4, -0.2) is 9.85 Å². The van der Waals surface area contributed by atoms with Crippen LogP contribution in [-0.2, 0) is 6.18 Å². The second-order valence-electron chi connectivity index (χ2n) is 4.73. The maximum atomic E-state index is 12.7. The summed E-state index contributed by atoms with van der Waals surface area (Å²) in [5.74, 6) is -0.0220. The molecule has 10 heteroatoms. The monoisotopic (exact) mass is 342 g/mol. The minimum absolute atomic E-state index is 0.0494. The lowest BCUT2D eigenvalue weighted by atomic mass is 10.1. The van der Waals surface area contributed by atoms with Gasteiger partial charge in [-0.25, -0.2) is 0 Å². The predicted molar refractivity (Wildman–Crippen MR) is 76.4 cm³/mol. The van der Waals surface area contributed by atoms with Crippen molar-refractivity contribution in [1.29, 1.82) is 0 Å². The van der Waals surface area contributed by atoms with Crippen molar-refractivity contribution in [3.05, 3.63) is 67.6 Å². The second-order valence-corrected chi connectivity index (χ2v) is 4.73. The number of allylic oxidation sites excluding steroid dienone is 1. The van der Waals surface area contributed by atoms with Gasteiger partial charge in [-0.15, -0.1) is 0 Å². The molecule has 1 aromatic carbocycles. The van der Waals surface area contributed by atoms with Gasteiger partial charge in [0.1, 0.15) is 11.5 Å². The molecular weight excluding hydrogens is 333 g/mol. The Kier molecular flexibility index (Phi) is 4.40. The normalized spacial score (nSPS) is 12.2. The number of rotatable bonds is 4. The summed E-state index contributed by atoms with van der Waals surface area (Å²) in [6, 6.07) is 4.64. The Morgan fingerprint density at radius 2 is 1.83 bits per heavy atom. The highest BCUT2D eigenvalue weighted by molar-refractivity contribution is 5.71. The molecule has 0 aliphatic heterocycles. The fraction of sp³-hybridized carbons (Fsp3) is 0.143. The molecule has 2 aromatic rings. The molecule has 0 unspecified atom stereocenters. The molecule has 0 radical (unpaired) electrons. The van der Waals surface area contributed by atoms with Crippen LogP contribution in [0.1, 0.15) is 18.2 Å². The number of hydrogen-bond donors (Lipinski definition) is 0. The average Bonchev–Trinajstić information content (AvgIpc) is 2.93. The molecule has 0 saturated carbocycles. The highest BCUT2D eigenvalue weighted by Gasteiger charge is 2.33. The van der Waals surface area contributed by atoms with E-state index in [1.165, 1.54) is 19.1 Å². The van der Waals surface area contributed by atoms with E-state index in [2.05, 4.69) is 0 Å². The van der Waals surface area contributed by atoms with Crippen molar-refractivity contribution in [2.24, 2.45) is 0 Å². The van der Waals surface area contributed by atoms with Crippen LogP contribution in [0.5, 0.6) is 0 Å². The van der Waals surface area contributed by atoms with Crippen molar-refractivity contribution in [2.45, 2.75) is 13.1 Å². The standard InChI is InChI=1S/C14H9F3N2O5/c1-8(18(20)21)6-10-3-5-13(24-10)11-4-2-9(14(15,16)17)7-12(11)19(22)23/h2-7H,1H3/b8-6+. The first-order chi connectivity index (χ1) is 11.1. The van der Waals surface area contributed by atoms with Gasteiger partial charge in [-0.05, 0) is 24.3 Å². The van der Waals surface area contributed by atoms with Gasteiger partial charge in [0.05, 0.1) is 27.0 Å². The molecule has 0 aliphatic rings. The van der Waals surface area contributed by atoms with Crippen LogP contribution in [0.2, 0.25) is 0 Å². The zero-order valence-electron chi connectivity index (χ0n) is 12.0. The SMILES string of the molecule is C/C(=C\c1ccc(-c2ccc(C(F)(F)F)cc2[N+](=O)[O-])o1)[N+](=O)[O-]. The summed E-state index contributed by atoms with van der Waals surface area (Å²) in [5, 5.41) is 21.6. The molecule has 0 spiro atoms. The zero-order chi connectivity index (χ0) is 18.1. The number of alkyl halides is 3. The predicted octanol–water partition coefficient (Wildman–Crippen LogP) is 4.51. The molecule has 0 fully saturated rings. The number of nitrogens with zero attached hydrogens (tertiary/aromatic N) is 2. The smallest absolute Gasteiger partial charge is 0.416 e. The fourth-order valence-electron chi connectivity index (χ4n) is 1.90.